The quantitative estimate of drug-likeness (QED) is 0.0672. The molecule has 0 saturated carbocycles. The third-order valence-electron chi connectivity index (χ3n) is 8.29. The van der Waals surface area contributed by atoms with E-state index in [9.17, 15) is 24.3 Å². The van der Waals surface area contributed by atoms with Gasteiger partial charge < -0.3 is 29.7 Å². The highest BCUT2D eigenvalue weighted by Crippen LogP contribution is 2.42. The molecule has 2 rings (SSSR count). The second-order valence-corrected chi connectivity index (χ2v) is 14.0. The Labute approximate surface area is 270 Å². The van der Waals surface area contributed by atoms with E-state index in [1.54, 1.807) is 13.3 Å². The van der Waals surface area contributed by atoms with E-state index in [2.05, 4.69) is 17.2 Å². The number of pyridine rings is 1. The fraction of sp³-hybridized carbons (Fsp3) is 0.657. The molecular weight excluding hydrogens is 591 g/mol. The Bertz CT molecular complexity index is 1170. The van der Waals surface area contributed by atoms with Gasteiger partial charge in [0.1, 0.15) is 18.1 Å². The van der Waals surface area contributed by atoms with Crippen molar-refractivity contribution in [1.82, 2.24) is 10.3 Å². The summed E-state index contributed by atoms with van der Waals surface area (Å²) in [7, 11) is -3.07. The highest BCUT2D eigenvalue weighted by atomic mass is 31.2. The van der Waals surface area contributed by atoms with Crippen LogP contribution in [0, 0.1) is 13.8 Å². The summed E-state index contributed by atoms with van der Waals surface area (Å²) in [6.07, 6.45) is 18.1. The van der Waals surface area contributed by atoms with Gasteiger partial charge in [-0.05, 0) is 44.4 Å². The van der Waals surface area contributed by atoms with Gasteiger partial charge in [-0.15, -0.1) is 0 Å². The van der Waals surface area contributed by atoms with Gasteiger partial charge in [0.25, 0.3) is 0 Å². The summed E-state index contributed by atoms with van der Waals surface area (Å²) in [5, 5.41) is 13.0. The first-order valence-corrected chi connectivity index (χ1v) is 18.5. The summed E-state index contributed by atoms with van der Waals surface area (Å²) in [6.45, 7) is 6.40. The van der Waals surface area contributed by atoms with Crippen molar-refractivity contribution in [3.05, 3.63) is 52.8 Å². The molecule has 1 amide bonds. The normalized spacial score (nSPS) is 13.0. The molecule has 4 N–H and O–H groups in total. The van der Waals surface area contributed by atoms with E-state index >= 15 is 0 Å². The number of unbranched alkanes of at least 4 members (excludes halogenated alkanes) is 12. The number of benzene rings is 1. The van der Waals surface area contributed by atoms with E-state index in [0.717, 1.165) is 47.4 Å². The van der Waals surface area contributed by atoms with Gasteiger partial charge in [0.05, 0.1) is 12.8 Å². The third kappa shape index (κ3) is 15.6. The first kappa shape index (κ1) is 38.7. The number of aryl methyl sites for hydroxylation is 1. The van der Waals surface area contributed by atoms with Crippen molar-refractivity contribution in [3.8, 4) is 11.5 Å². The number of nitrogens with zero attached hydrogens (tertiary/aromatic N) is 1. The van der Waals surface area contributed by atoms with Crippen molar-refractivity contribution in [2.24, 2.45) is 0 Å². The molecule has 1 aromatic heterocycles. The van der Waals surface area contributed by atoms with Crippen molar-refractivity contribution in [3.63, 3.8) is 0 Å². The number of aliphatic hydroxyl groups excluding tert-OH is 1. The molecule has 0 aliphatic carbocycles. The zero-order valence-corrected chi connectivity index (χ0v) is 28.8. The summed E-state index contributed by atoms with van der Waals surface area (Å²) >= 11 is 0. The zero-order valence-electron chi connectivity index (χ0n) is 27.9. The van der Waals surface area contributed by atoms with Crippen LogP contribution in [0.25, 0.3) is 0 Å². The van der Waals surface area contributed by atoms with Gasteiger partial charge in [0.15, 0.2) is 5.85 Å². The van der Waals surface area contributed by atoms with Gasteiger partial charge in [-0.2, -0.15) is 0 Å². The van der Waals surface area contributed by atoms with Crippen molar-refractivity contribution < 1.29 is 33.7 Å². The molecule has 254 valence electrons. The monoisotopic (exact) mass is 648 g/mol. The lowest BCUT2D eigenvalue weighted by Gasteiger charge is -2.22. The minimum absolute atomic E-state index is 0.169. The molecule has 2 atom stereocenters. The maximum atomic E-state index is 12.7. The predicted molar refractivity (Wildman–Crippen MR) is 180 cm³/mol. The molecule has 0 unspecified atom stereocenters. The van der Waals surface area contributed by atoms with Crippen LogP contribution in [0.2, 0.25) is 0 Å². The number of methoxy groups -OCH3 is 1. The van der Waals surface area contributed by atoms with Crippen LogP contribution in [-0.2, 0) is 22.4 Å². The summed E-state index contributed by atoms with van der Waals surface area (Å²) < 4.78 is 23.0. The fourth-order valence-corrected chi connectivity index (χ4v) is 6.09. The summed E-state index contributed by atoms with van der Waals surface area (Å²) in [6, 6.07) is 6.69. The largest absolute Gasteiger partial charge is 0.496 e. The smallest absolute Gasteiger partial charge is 0.353 e. The fourth-order valence-electron chi connectivity index (χ4n) is 5.56. The Balaban J connectivity index is 1.78. The highest BCUT2D eigenvalue weighted by Gasteiger charge is 2.30. The van der Waals surface area contributed by atoms with Crippen LogP contribution >= 0.6 is 7.60 Å². The molecular formula is C35H57N2O7P. The zero-order chi connectivity index (χ0) is 33.1. The second kappa shape index (κ2) is 21.4. The average molecular weight is 649 g/mol. The number of carbonyl (C=O) groups excluding carboxylic acids is 1. The topological polar surface area (TPSA) is 138 Å². The van der Waals surface area contributed by atoms with Crippen LogP contribution in [0.3, 0.4) is 0 Å². The molecule has 9 nitrogen and oxygen atoms in total. The molecule has 0 aliphatic rings. The SMILES string of the molecule is CCCCCCCCCCCCCCCC(=O)N[C@@H](Cc1ccc(OCc2ncc(C)c(OC)c2C)cc1)C[C@@H](O)P(=O)(O)O. The first-order chi connectivity index (χ1) is 21.5. The number of carbonyl (C=O) groups is 1. The summed E-state index contributed by atoms with van der Waals surface area (Å²) in [5.74, 6) is -0.585. The minimum Gasteiger partial charge on any atom is -0.496 e. The van der Waals surface area contributed by atoms with E-state index in [1.807, 2.05) is 38.1 Å². The standard InChI is InChI=1S/C35H57N2O7P/c1-5-6-7-8-9-10-11-12-13-14-15-16-17-18-33(38)37-30(24-34(39)45(40,41)42)23-29-19-21-31(22-20-29)44-26-32-28(3)35(43-4)27(2)25-36-32/h19-22,25,30,34,39H,5-18,23-24,26H2,1-4H3,(H,37,38)(H2,40,41,42)/t30-,34-/m0/s1. The molecule has 0 spiro atoms. The molecule has 1 aromatic carbocycles. The Morgan fingerprint density at radius 2 is 1.47 bits per heavy atom. The van der Waals surface area contributed by atoms with E-state index < -0.39 is 19.5 Å². The van der Waals surface area contributed by atoms with Crippen LogP contribution in [-0.4, -0.2) is 44.8 Å². The van der Waals surface area contributed by atoms with Crippen molar-refractivity contribution in [2.45, 2.75) is 142 Å². The predicted octanol–water partition coefficient (Wildman–Crippen LogP) is 7.68. The van der Waals surface area contributed by atoms with E-state index in [0.29, 0.717) is 18.6 Å². The molecule has 0 aliphatic heterocycles. The van der Waals surface area contributed by atoms with Crippen LogP contribution in [0.5, 0.6) is 11.5 Å². The van der Waals surface area contributed by atoms with Crippen LogP contribution < -0.4 is 14.8 Å². The molecule has 0 saturated heterocycles. The van der Waals surface area contributed by atoms with Crippen LogP contribution in [0.4, 0.5) is 0 Å². The maximum Gasteiger partial charge on any atom is 0.353 e. The van der Waals surface area contributed by atoms with Crippen LogP contribution in [0.15, 0.2) is 30.5 Å². The number of ether oxygens (including phenoxy) is 2. The van der Waals surface area contributed by atoms with E-state index in [-0.39, 0.29) is 18.9 Å². The number of rotatable bonds is 24. The number of nitrogens with one attached hydrogen (secondary N) is 1. The lowest BCUT2D eigenvalue weighted by atomic mass is 10.0. The van der Waals surface area contributed by atoms with Gasteiger partial charge >= 0.3 is 7.60 Å². The maximum absolute atomic E-state index is 12.7. The number of amides is 1. The van der Waals surface area contributed by atoms with Crippen molar-refractivity contribution >= 4 is 13.5 Å². The Hall–Kier alpha value is -2.45. The number of hydrogen-bond acceptors (Lipinski definition) is 6. The van der Waals surface area contributed by atoms with Crippen LogP contribution in [0.1, 0.15) is 126 Å². The minimum atomic E-state index is -4.70. The van der Waals surface area contributed by atoms with Gasteiger partial charge in [-0.3, -0.25) is 14.3 Å². The summed E-state index contributed by atoms with van der Waals surface area (Å²) in [4.78, 5) is 36.1. The lowest BCUT2D eigenvalue weighted by molar-refractivity contribution is -0.122. The second-order valence-electron chi connectivity index (χ2n) is 12.2. The molecule has 1 heterocycles. The van der Waals surface area contributed by atoms with Gasteiger partial charge in [0.2, 0.25) is 5.91 Å². The molecule has 0 fully saturated rings. The highest BCUT2D eigenvalue weighted by molar-refractivity contribution is 7.52. The lowest BCUT2D eigenvalue weighted by Crippen LogP contribution is -2.38. The van der Waals surface area contributed by atoms with Crippen molar-refractivity contribution in [2.75, 3.05) is 7.11 Å². The molecule has 10 heteroatoms. The Morgan fingerprint density at radius 1 is 0.911 bits per heavy atom. The molecule has 2 aromatic rings. The Morgan fingerprint density at radius 3 is 2.00 bits per heavy atom. The Kier molecular flexibility index (Phi) is 18.4. The molecule has 0 radical (unpaired) electrons. The third-order valence-corrected chi connectivity index (χ3v) is 9.27. The number of aliphatic hydroxyl groups is 1. The van der Waals surface area contributed by atoms with E-state index in [4.69, 9.17) is 9.47 Å². The number of aromatic nitrogens is 1. The molecule has 45 heavy (non-hydrogen) atoms. The summed E-state index contributed by atoms with van der Waals surface area (Å²) in [5.41, 5.74) is 3.50. The number of hydrogen-bond donors (Lipinski definition) is 4. The molecule has 0 bridgehead atoms. The van der Waals surface area contributed by atoms with E-state index in [1.165, 1.54) is 64.2 Å². The van der Waals surface area contributed by atoms with Gasteiger partial charge in [-0.1, -0.05) is 96.1 Å². The first-order valence-electron chi connectivity index (χ1n) is 16.8. The van der Waals surface area contributed by atoms with Gasteiger partial charge in [-0.25, -0.2) is 0 Å². The van der Waals surface area contributed by atoms with Gasteiger partial charge in [0, 0.05) is 36.2 Å². The average Bonchev–Trinajstić information content (AvgIpc) is 2.99. The van der Waals surface area contributed by atoms with Crippen molar-refractivity contribution in [1.29, 1.82) is 0 Å².